The van der Waals surface area contributed by atoms with Gasteiger partial charge in [0, 0.05) is 33.9 Å². The van der Waals surface area contributed by atoms with Crippen molar-refractivity contribution in [3.63, 3.8) is 0 Å². The van der Waals surface area contributed by atoms with Crippen LogP contribution in [0.3, 0.4) is 0 Å². The molecule has 0 saturated carbocycles. The van der Waals surface area contributed by atoms with Gasteiger partial charge in [0.1, 0.15) is 0 Å². The van der Waals surface area contributed by atoms with Crippen LogP contribution in [0, 0.1) is 0 Å². The predicted molar refractivity (Wildman–Crippen MR) is 93.9 cm³/mol. The second-order valence-electron chi connectivity index (χ2n) is 5.81. The first kappa shape index (κ1) is 17.4. The predicted octanol–water partition coefficient (Wildman–Crippen LogP) is 4.18. The number of hydrogen-bond acceptors (Lipinski definition) is 4. The van der Waals surface area contributed by atoms with Crippen LogP contribution >= 0.6 is 27.3 Å². The second-order valence-corrected chi connectivity index (χ2v) is 7.67. The summed E-state index contributed by atoms with van der Waals surface area (Å²) >= 11 is 5.37. The van der Waals surface area contributed by atoms with Crippen LogP contribution in [0.15, 0.2) is 15.9 Å². The van der Waals surface area contributed by atoms with E-state index in [1.807, 2.05) is 0 Å². The lowest BCUT2D eigenvalue weighted by Gasteiger charge is -2.40. The lowest BCUT2D eigenvalue weighted by atomic mass is 9.98. The first-order valence-electron chi connectivity index (χ1n) is 8.00. The maximum atomic E-state index is 6.44. The van der Waals surface area contributed by atoms with Gasteiger partial charge in [0.15, 0.2) is 0 Å². The fourth-order valence-electron chi connectivity index (χ4n) is 3.01. The molecule has 21 heavy (non-hydrogen) atoms. The van der Waals surface area contributed by atoms with Crippen molar-refractivity contribution >= 4 is 27.3 Å². The Kier molecular flexibility index (Phi) is 7.16. The van der Waals surface area contributed by atoms with Gasteiger partial charge in [-0.25, -0.2) is 0 Å². The third-order valence-electron chi connectivity index (χ3n) is 4.12. The summed E-state index contributed by atoms with van der Waals surface area (Å²) in [6.07, 6.45) is 4.84. The van der Waals surface area contributed by atoms with Crippen molar-refractivity contribution in [2.45, 2.75) is 57.7 Å². The average Bonchev–Trinajstić information content (AvgIpc) is 2.91. The van der Waals surface area contributed by atoms with E-state index in [1.54, 1.807) is 11.3 Å². The molecule has 2 N–H and O–H groups in total. The van der Waals surface area contributed by atoms with Gasteiger partial charge >= 0.3 is 0 Å². The van der Waals surface area contributed by atoms with E-state index in [1.165, 1.54) is 17.7 Å². The molecule has 0 bridgehead atoms. The molecular formula is C16H27BrN2OS. The molecule has 1 aliphatic rings. The first-order valence-corrected chi connectivity index (χ1v) is 9.68. The molecule has 120 valence electrons. The summed E-state index contributed by atoms with van der Waals surface area (Å²) in [5.41, 5.74) is 6.44. The smallest absolute Gasteiger partial charge is 0.0702 e. The molecule has 0 aromatic carbocycles. The van der Waals surface area contributed by atoms with Gasteiger partial charge in [-0.15, -0.1) is 11.3 Å². The van der Waals surface area contributed by atoms with E-state index in [4.69, 9.17) is 10.5 Å². The highest BCUT2D eigenvalue weighted by molar-refractivity contribution is 9.10. The zero-order valence-corrected chi connectivity index (χ0v) is 15.5. The summed E-state index contributed by atoms with van der Waals surface area (Å²) in [4.78, 5) is 3.91. The van der Waals surface area contributed by atoms with Gasteiger partial charge in [-0.2, -0.15) is 0 Å². The number of piperidine rings is 1. The molecule has 0 radical (unpaired) electrons. The summed E-state index contributed by atoms with van der Waals surface area (Å²) in [6.45, 7) is 7.34. The van der Waals surface area contributed by atoms with Crippen molar-refractivity contribution in [3.8, 4) is 0 Å². The Balaban J connectivity index is 2.09. The van der Waals surface area contributed by atoms with Gasteiger partial charge in [-0.05, 0) is 54.2 Å². The molecule has 5 heteroatoms. The monoisotopic (exact) mass is 374 g/mol. The Morgan fingerprint density at radius 3 is 2.95 bits per heavy atom. The van der Waals surface area contributed by atoms with Crippen LogP contribution in [-0.2, 0) is 4.74 Å². The van der Waals surface area contributed by atoms with Crippen LogP contribution < -0.4 is 5.73 Å². The van der Waals surface area contributed by atoms with Crippen LogP contribution in [0.25, 0.3) is 0 Å². The van der Waals surface area contributed by atoms with Crippen LogP contribution in [0.2, 0.25) is 0 Å². The molecule has 2 rings (SSSR count). The minimum atomic E-state index is 0.181. The molecule has 1 saturated heterocycles. The molecule has 0 aliphatic carbocycles. The number of halogens is 1. The van der Waals surface area contributed by atoms with Crippen molar-refractivity contribution < 1.29 is 4.74 Å². The topological polar surface area (TPSA) is 38.5 Å². The average molecular weight is 375 g/mol. The van der Waals surface area contributed by atoms with Gasteiger partial charge in [0.25, 0.3) is 0 Å². The van der Waals surface area contributed by atoms with Crippen molar-refractivity contribution in [1.82, 2.24) is 4.90 Å². The van der Waals surface area contributed by atoms with Crippen LogP contribution in [0.1, 0.15) is 50.4 Å². The third kappa shape index (κ3) is 4.76. The summed E-state index contributed by atoms with van der Waals surface area (Å²) < 4.78 is 7.14. The van der Waals surface area contributed by atoms with Crippen molar-refractivity contribution in [1.29, 1.82) is 0 Å². The van der Waals surface area contributed by atoms with Gasteiger partial charge in [0.05, 0.1) is 12.1 Å². The number of nitrogens with two attached hydrogens (primary N) is 1. The zero-order valence-electron chi connectivity index (χ0n) is 13.1. The number of rotatable bonds is 7. The van der Waals surface area contributed by atoms with E-state index in [9.17, 15) is 0 Å². The molecule has 1 aromatic rings. The summed E-state index contributed by atoms with van der Waals surface area (Å²) in [6, 6.07) is 2.72. The fourth-order valence-corrected chi connectivity index (χ4v) is 4.66. The summed E-state index contributed by atoms with van der Waals surface area (Å²) in [5.74, 6) is 0. The second kappa shape index (κ2) is 8.63. The Hall–Kier alpha value is 0.0600. The number of nitrogens with zero attached hydrogens (tertiary/aromatic N) is 1. The third-order valence-corrected chi connectivity index (χ3v) is 5.88. The molecule has 1 aliphatic heterocycles. The van der Waals surface area contributed by atoms with E-state index in [0.717, 1.165) is 37.0 Å². The van der Waals surface area contributed by atoms with Crippen LogP contribution in [0.5, 0.6) is 0 Å². The molecule has 3 nitrogen and oxygen atoms in total. The van der Waals surface area contributed by atoms with Gasteiger partial charge in [-0.1, -0.05) is 13.8 Å². The van der Waals surface area contributed by atoms with Crippen molar-refractivity contribution in [2.24, 2.45) is 5.73 Å². The van der Waals surface area contributed by atoms with Gasteiger partial charge in [-0.3, -0.25) is 4.90 Å². The largest absolute Gasteiger partial charge is 0.377 e. The maximum Gasteiger partial charge on any atom is 0.0702 e. The van der Waals surface area contributed by atoms with Crippen molar-refractivity contribution in [2.75, 3.05) is 19.7 Å². The Morgan fingerprint density at radius 2 is 2.33 bits per heavy atom. The van der Waals surface area contributed by atoms with Gasteiger partial charge < -0.3 is 10.5 Å². The van der Waals surface area contributed by atoms with E-state index < -0.39 is 0 Å². The molecule has 1 fully saturated rings. The van der Waals surface area contributed by atoms with E-state index in [-0.39, 0.29) is 6.04 Å². The maximum absolute atomic E-state index is 6.44. The Labute approximate surface area is 141 Å². The fraction of sp³-hybridized carbons (Fsp3) is 0.750. The molecular weight excluding hydrogens is 348 g/mol. The number of likely N-dealkylation sites (tertiary alicyclic amines) is 1. The summed E-state index contributed by atoms with van der Waals surface area (Å²) in [7, 11) is 0. The molecule has 0 spiro atoms. The minimum Gasteiger partial charge on any atom is -0.377 e. The first-order chi connectivity index (χ1) is 10.2. The lowest BCUT2D eigenvalue weighted by Crippen LogP contribution is -2.47. The highest BCUT2D eigenvalue weighted by Gasteiger charge is 2.31. The van der Waals surface area contributed by atoms with Gasteiger partial charge in [0.2, 0.25) is 0 Å². The quantitative estimate of drug-likeness (QED) is 0.777. The molecule has 2 heterocycles. The Bertz CT molecular complexity index is 426. The normalized spacial score (nSPS) is 23.1. The van der Waals surface area contributed by atoms with E-state index >= 15 is 0 Å². The lowest BCUT2D eigenvalue weighted by molar-refractivity contribution is -0.0160. The number of thiophene rings is 1. The Morgan fingerprint density at radius 1 is 1.52 bits per heavy atom. The molecule has 3 atom stereocenters. The van der Waals surface area contributed by atoms with E-state index in [2.05, 4.69) is 46.1 Å². The number of ether oxygens (including phenoxy) is 1. The summed E-state index contributed by atoms with van der Waals surface area (Å²) in [5, 5.41) is 2.15. The highest BCUT2D eigenvalue weighted by atomic mass is 79.9. The molecule has 3 unspecified atom stereocenters. The van der Waals surface area contributed by atoms with E-state index in [0.29, 0.717) is 12.1 Å². The SMILES string of the molecule is CCCOC1CCCN(C(c2cc(Br)cs2)C(N)CC)C1. The molecule has 1 aromatic heterocycles. The molecule has 0 amide bonds. The number of hydrogen-bond donors (Lipinski definition) is 1. The standard InChI is InChI=1S/C16H27BrN2OS/c1-3-8-20-13-6-5-7-19(10-13)16(14(18)4-2)15-9-12(17)11-21-15/h9,11,13-14,16H,3-8,10,18H2,1-2H3. The zero-order chi connectivity index (χ0) is 15.2. The van der Waals surface area contributed by atoms with Crippen LogP contribution in [-0.4, -0.2) is 36.7 Å². The van der Waals surface area contributed by atoms with Crippen LogP contribution in [0.4, 0.5) is 0 Å². The van der Waals surface area contributed by atoms with Crippen molar-refractivity contribution in [3.05, 3.63) is 20.8 Å². The highest BCUT2D eigenvalue weighted by Crippen LogP contribution is 2.34. The minimum absolute atomic E-state index is 0.181.